The zero-order chi connectivity index (χ0) is 12.0. The van der Waals surface area contributed by atoms with Gasteiger partial charge in [0.2, 0.25) is 0 Å². The van der Waals surface area contributed by atoms with Crippen LogP contribution in [0.15, 0.2) is 24.3 Å². The van der Waals surface area contributed by atoms with E-state index in [-0.39, 0.29) is 0 Å². The third kappa shape index (κ3) is 3.69. The number of likely N-dealkylation sites (N-methyl/N-ethyl adjacent to an activating group) is 1. The number of hydrogen-bond acceptors (Lipinski definition) is 2. The molecule has 1 aliphatic rings. The van der Waals surface area contributed by atoms with E-state index in [0.717, 1.165) is 31.2 Å². The average molecular weight is 241 g/mol. The zero-order valence-corrected chi connectivity index (χ0v) is 11.2. The van der Waals surface area contributed by atoms with Crippen molar-refractivity contribution in [2.45, 2.75) is 13.8 Å². The van der Waals surface area contributed by atoms with Gasteiger partial charge in [0, 0.05) is 36.9 Å². The number of piperazine rings is 1. The van der Waals surface area contributed by atoms with Crippen molar-refractivity contribution in [3.8, 4) is 0 Å². The van der Waals surface area contributed by atoms with Crippen LogP contribution in [0.25, 0.3) is 0 Å². The molecule has 0 saturated carbocycles. The number of halogens is 1. The Balaban J connectivity index is 0.000000606. The molecular formula is C13H21ClN2. The second-order valence-corrected chi connectivity index (χ2v) is 4.21. The van der Waals surface area contributed by atoms with E-state index in [2.05, 4.69) is 22.9 Å². The van der Waals surface area contributed by atoms with Crippen molar-refractivity contribution in [3.63, 3.8) is 0 Å². The standard InChI is InChI=1S/C11H15ClN2.C2H6/c1-13-5-7-14(8-6-13)11-4-2-3-10(12)9-11;1-2/h2-4,9H,5-8H2,1H3;1-2H3. The van der Waals surface area contributed by atoms with Crippen LogP contribution in [-0.4, -0.2) is 38.1 Å². The zero-order valence-electron chi connectivity index (χ0n) is 10.4. The SMILES string of the molecule is CC.CN1CCN(c2cccc(Cl)c2)CC1. The van der Waals surface area contributed by atoms with Gasteiger partial charge in [0.1, 0.15) is 0 Å². The quantitative estimate of drug-likeness (QED) is 0.744. The molecule has 0 aromatic heterocycles. The highest BCUT2D eigenvalue weighted by Crippen LogP contribution is 2.20. The van der Waals surface area contributed by atoms with Gasteiger partial charge in [0.25, 0.3) is 0 Å². The van der Waals surface area contributed by atoms with Gasteiger partial charge in [-0.3, -0.25) is 0 Å². The number of rotatable bonds is 1. The molecule has 0 aliphatic carbocycles. The second-order valence-electron chi connectivity index (χ2n) is 3.77. The molecule has 0 unspecified atom stereocenters. The van der Waals surface area contributed by atoms with Crippen molar-refractivity contribution in [1.82, 2.24) is 4.90 Å². The molecule has 0 N–H and O–H groups in total. The summed E-state index contributed by atoms with van der Waals surface area (Å²) in [5.74, 6) is 0. The maximum atomic E-state index is 5.96. The van der Waals surface area contributed by atoms with Gasteiger partial charge in [0.05, 0.1) is 0 Å². The molecule has 16 heavy (non-hydrogen) atoms. The van der Waals surface area contributed by atoms with E-state index in [1.807, 2.05) is 32.0 Å². The van der Waals surface area contributed by atoms with Gasteiger partial charge in [-0.1, -0.05) is 31.5 Å². The molecule has 2 nitrogen and oxygen atoms in total. The van der Waals surface area contributed by atoms with Crippen molar-refractivity contribution in [3.05, 3.63) is 29.3 Å². The highest BCUT2D eigenvalue weighted by Gasteiger charge is 2.13. The Bertz CT molecular complexity index is 307. The Labute approximate surface area is 104 Å². The first-order chi connectivity index (χ1) is 7.75. The molecule has 0 atom stereocenters. The van der Waals surface area contributed by atoms with Crippen LogP contribution in [0.2, 0.25) is 5.02 Å². The van der Waals surface area contributed by atoms with E-state index in [4.69, 9.17) is 11.6 Å². The van der Waals surface area contributed by atoms with Crippen LogP contribution in [0, 0.1) is 0 Å². The molecule has 1 aromatic carbocycles. The summed E-state index contributed by atoms with van der Waals surface area (Å²) in [4.78, 5) is 4.73. The maximum Gasteiger partial charge on any atom is 0.0426 e. The van der Waals surface area contributed by atoms with Crippen molar-refractivity contribution in [1.29, 1.82) is 0 Å². The summed E-state index contributed by atoms with van der Waals surface area (Å²) in [6.45, 7) is 8.45. The van der Waals surface area contributed by atoms with Gasteiger partial charge in [-0.2, -0.15) is 0 Å². The van der Waals surface area contributed by atoms with Gasteiger partial charge < -0.3 is 9.80 Å². The largest absolute Gasteiger partial charge is 0.369 e. The molecule has 1 heterocycles. The minimum atomic E-state index is 0.821. The van der Waals surface area contributed by atoms with Crippen LogP contribution in [0.3, 0.4) is 0 Å². The van der Waals surface area contributed by atoms with E-state index in [9.17, 15) is 0 Å². The fourth-order valence-corrected chi connectivity index (χ4v) is 1.92. The maximum absolute atomic E-state index is 5.96. The number of nitrogens with zero attached hydrogens (tertiary/aromatic N) is 2. The normalized spacial score (nSPS) is 16.6. The minimum Gasteiger partial charge on any atom is -0.369 e. The second kappa shape index (κ2) is 6.77. The molecule has 0 spiro atoms. The van der Waals surface area contributed by atoms with Crippen LogP contribution in [0.5, 0.6) is 0 Å². The monoisotopic (exact) mass is 240 g/mol. The van der Waals surface area contributed by atoms with Crippen LogP contribution in [-0.2, 0) is 0 Å². The van der Waals surface area contributed by atoms with Crippen LogP contribution in [0.4, 0.5) is 5.69 Å². The Morgan fingerprint density at radius 1 is 1.06 bits per heavy atom. The summed E-state index contributed by atoms with van der Waals surface area (Å²) >= 11 is 5.96. The topological polar surface area (TPSA) is 6.48 Å². The summed E-state index contributed by atoms with van der Waals surface area (Å²) in [6.07, 6.45) is 0. The van der Waals surface area contributed by atoms with E-state index >= 15 is 0 Å². The average Bonchev–Trinajstić information content (AvgIpc) is 2.32. The van der Waals surface area contributed by atoms with Crippen LogP contribution >= 0.6 is 11.6 Å². The molecule has 0 amide bonds. The van der Waals surface area contributed by atoms with Crippen molar-refractivity contribution in [2.24, 2.45) is 0 Å². The Hall–Kier alpha value is -0.730. The molecule has 1 aliphatic heterocycles. The number of benzene rings is 1. The van der Waals surface area contributed by atoms with Crippen LogP contribution < -0.4 is 4.90 Å². The molecule has 1 saturated heterocycles. The molecule has 1 fully saturated rings. The minimum absolute atomic E-state index is 0.821. The lowest BCUT2D eigenvalue weighted by Gasteiger charge is -2.34. The smallest absolute Gasteiger partial charge is 0.0426 e. The molecular weight excluding hydrogens is 220 g/mol. The fourth-order valence-electron chi connectivity index (χ4n) is 1.74. The number of anilines is 1. The van der Waals surface area contributed by atoms with Crippen molar-refractivity contribution < 1.29 is 0 Å². The lowest BCUT2D eigenvalue weighted by molar-refractivity contribution is 0.313. The van der Waals surface area contributed by atoms with Gasteiger partial charge in [-0.05, 0) is 25.2 Å². The van der Waals surface area contributed by atoms with Crippen molar-refractivity contribution in [2.75, 3.05) is 38.1 Å². The highest BCUT2D eigenvalue weighted by atomic mass is 35.5. The molecule has 1 aromatic rings. The summed E-state index contributed by atoms with van der Waals surface area (Å²) < 4.78 is 0. The summed E-state index contributed by atoms with van der Waals surface area (Å²) in [7, 11) is 2.16. The van der Waals surface area contributed by atoms with Crippen molar-refractivity contribution >= 4 is 17.3 Å². The Kier molecular flexibility index (Phi) is 5.64. The molecule has 90 valence electrons. The Morgan fingerprint density at radius 2 is 1.69 bits per heavy atom. The van der Waals surface area contributed by atoms with E-state index < -0.39 is 0 Å². The number of hydrogen-bond donors (Lipinski definition) is 0. The predicted molar refractivity (Wildman–Crippen MR) is 72.5 cm³/mol. The van der Waals surface area contributed by atoms with Crippen LogP contribution in [0.1, 0.15) is 13.8 Å². The van der Waals surface area contributed by atoms with Gasteiger partial charge in [-0.25, -0.2) is 0 Å². The van der Waals surface area contributed by atoms with E-state index in [1.54, 1.807) is 0 Å². The fraction of sp³-hybridized carbons (Fsp3) is 0.538. The third-order valence-corrected chi connectivity index (χ3v) is 2.91. The van der Waals surface area contributed by atoms with Gasteiger partial charge in [0.15, 0.2) is 0 Å². The van der Waals surface area contributed by atoms with Gasteiger partial charge >= 0.3 is 0 Å². The molecule has 3 heteroatoms. The lowest BCUT2D eigenvalue weighted by Crippen LogP contribution is -2.44. The highest BCUT2D eigenvalue weighted by molar-refractivity contribution is 6.30. The molecule has 0 radical (unpaired) electrons. The first-order valence-corrected chi connectivity index (χ1v) is 6.32. The van der Waals surface area contributed by atoms with E-state index in [1.165, 1.54) is 5.69 Å². The first kappa shape index (κ1) is 13.3. The molecule has 2 rings (SSSR count). The predicted octanol–water partition coefficient (Wildman–Crippen LogP) is 3.12. The first-order valence-electron chi connectivity index (χ1n) is 5.95. The Morgan fingerprint density at radius 3 is 2.25 bits per heavy atom. The lowest BCUT2D eigenvalue weighted by atomic mass is 10.2. The summed E-state index contributed by atoms with van der Waals surface area (Å²) in [5.41, 5.74) is 1.24. The third-order valence-electron chi connectivity index (χ3n) is 2.68. The summed E-state index contributed by atoms with van der Waals surface area (Å²) in [6, 6.07) is 8.08. The van der Waals surface area contributed by atoms with E-state index in [0.29, 0.717) is 0 Å². The summed E-state index contributed by atoms with van der Waals surface area (Å²) in [5, 5.41) is 0.821. The molecule has 0 bridgehead atoms. The van der Waals surface area contributed by atoms with Gasteiger partial charge in [-0.15, -0.1) is 0 Å².